The molecule has 0 aliphatic heterocycles. The number of hydrogen-bond donors (Lipinski definition) is 1. The second kappa shape index (κ2) is 12.9. The number of methoxy groups -OCH3 is 2. The summed E-state index contributed by atoms with van der Waals surface area (Å²) in [6.45, 7) is 11.6. The minimum absolute atomic E-state index is 0.0820. The van der Waals surface area contributed by atoms with Gasteiger partial charge in [0.25, 0.3) is 5.69 Å². The van der Waals surface area contributed by atoms with Crippen molar-refractivity contribution in [2.24, 2.45) is 11.8 Å². The molecule has 2 amide bonds. The van der Waals surface area contributed by atoms with Gasteiger partial charge < -0.3 is 19.7 Å². The highest BCUT2D eigenvalue weighted by molar-refractivity contribution is 5.92. The van der Waals surface area contributed by atoms with Gasteiger partial charge in [0.05, 0.1) is 10.5 Å². The number of para-hydroxylation sites is 1. The molecule has 0 aliphatic rings. The zero-order valence-corrected chi connectivity index (χ0v) is 19.7. The monoisotopic (exact) mass is 449 g/mol. The third-order valence-corrected chi connectivity index (χ3v) is 5.05. The molecule has 1 aromatic carbocycles. The quantitative estimate of drug-likeness (QED) is 0.281. The number of amides is 2. The van der Waals surface area contributed by atoms with Crippen molar-refractivity contribution in [1.29, 1.82) is 0 Å². The third kappa shape index (κ3) is 7.42. The van der Waals surface area contributed by atoms with Crippen molar-refractivity contribution in [2.45, 2.75) is 45.9 Å². The molecule has 0 spiro atoms. The predicted octanol–water partition coefficient (Wildman–Crippen LogP) is 3.11. The molecule has 9 nitrogen and oxygen atoms in total. The highest BCUT2D eigenvalue weighted by Gasteiger charge is 2.34. The highest BCUT2D eigenvalue weighted by atomic mass is 16.6. The van der Waals surface area contributed by atoms with Crippen molar-refractivity contribution in [3.8, 4) is 0 Å². The lowest BCUT2D eigenvalue weighted by Gasteiger charge is -2.35. The van der Waals surface area contributed by atoms with Crippen molar-refractivity contribution < 1.29 is 24.0 Å². The number of nitro groups is 1. The molecule has 0 bridgehead atoms. The Morgan fingerprint density at radius 1 is 1.16 bits per heavy atom. The van der Waals surface area contributed by atoms with Crippen LogP contribution in [0.15, 0.2) is 36.9 Å². The Morgan fingerprint density at radius 2 is 1.78 bits per heavy atom. The fourth-order valence-corrected chi connectivity index (χ4v) is 3.50. The van der Waals surface area contributed by atoms with Crippen LogP contribution >= 0.6 is 0 Å². The van der Waals surface area contributed by atoms with Crippen molar-refractivity contribution in [1.82, 2.24) is 10.2 Å². The summed E-state index contributed by atoms with van der Waals surface area (Å²) in [6, 6.07) is 5.56. The molecule has 0 radical (unpaired) electrons. The van der Waals surface area contributed by atoms with Crippen LogP contribution in [-0.4, -0.2) is 61.1 Å². The molecule has 0 unspecified atom stereocenters. The molecule has 3 atom stereocenters. The molecule has 1 N–H and O–H groups in total. The van der Waals surface area contributed by atoms with Gasteiger partial charge in [-0.15, -0.1) is 0 Å². The summed E-state index contributed by atoms with van der Waals surface area (Å²) in [4.78, 5) is 38.0. The number of ether oxygens (including phenoxy) is 2. The van der Waals surface area contributed by atoms with Crippen molar-refractivity contribution in [3.05, 3.63) is 52.6 Å². The highest BCUT2D eigenvalue weighted by Crippen LogP contribution is 2.31. The van der Waals surface area contributed by atoms with Crippen LogP contribution in [0.2, 0.25) is 0 Å². The van der Waals surface area contributed by atoms with Gasteiger partial charge in [0.2, 0.25) is 11.8 Å². The van der Waals surface area contributed by atoms with Gasteiger partial charge in [-0.25, -0.2) is 0 Å². The molecule has 32 heavy (non-hydrogen) atoms. The molecule has 0 saturated heterocycles. The lowest BCUT2D eigenvalue weighted by Crippen LogP contribution is -2.54. The number of nitrogens with zero attached hydrogens (tertiary/aromatic N) is 2. The smallest absolute Gasteiger partial charge is 0.275 e. The molecule has 0 aromatic heterocycles. The first-order chi connectivity index (χ1) is 15.1. The lowest BCUT2D eigenvalue weighted by molar-refractivity contribution is -0.386. The SMILES string of the molecule is C=CC(=O)N[C@H](C(=O)N(CC(C)C)C[C@@H](OC)[C@H](OC)c1ccccc1[N+](=O)[O-])C(C)C. The molecule has 178 valence electrons. The Hall–Kier alpha value is -2.78. The average molecular weight is 450 g/mol. The topological polar surface area (TPSA) is 111 Å². The first-order valence-corrected chi connectivity index (χ1v) is 10.6. The Balaban J connectivity index is 3.29. The van der Waals surface area contributed by atoms with E-state index in [9.17, 15) is 19.7 Å². The van der Waals surface area contributed by atoms with E-state index in [4.69, 9.17) is 9.47 Å². The molecule has 0 saturated carbocycles. The van der Waals surface area contributed by atoms with Gasteiger partial charge in [-0.1, -0.05) is 46.4 Å². The molecular formula is C23H35N3O6. The first-order valence-electron chi connectivity index (χ1n) is 10.6. The molecule has 0 aliphatic carbocycles. The summed E-state index contributed by atoms with van der Waals surface area (Å²) in [7, 11) is 2.92. The normalized spacial score (nSPS) is 14.0. The lowest BCUT2D eigenvalue weighted by atomic mass is 9.99. The Morgan fingerprint density at radius 3 is 2.25 bits per heavy atom. The molecule has 0 fully saturated rings. The van der Waals surface area contributed by atoms with Crippen LogP contribution in [0, 0.1) is 22.0 Å². The Labute approximate surface area is 189 Å². The fourth-order valence-electron chi connectivity index (χ4n) is 3.50. The van der Waals surface area contributed by atoms with Gasteiger partial charge >= 0.3 is 0 Å². The average Bonchev–Trinajstić information content (AvgIpc) is 2.75. The Bertz CT molecular complexity index is 796. The number of benzene rings is 1. The maximum atomic E-state index is 13.4. The summed E-state index contributed by atoms with van der Waals surface area (Å²) >= 11 is 0. The van der Waals surface area contributed by atoms with Gasteiger partial charge in [-0.05, 0) is 24.0 Å². The minimum atomic E-state index is -0.774. The molecule has 1 aromatic rings. The van der Waals surface area contributed by atoms with Gasteiger partial charge in [-0.3, -0.25) is 19.7 Å². The fraction of sp³-hybridized carbons (Fsp3) is 0.565. The molecular weight excluding hydrogens is 414 g/mol. The third-order valence-electron chi connectivity index (χ3n) is 5.05. The number of rotatable bonds is 13. The number of hydrogen-bond acceptors (Lipinski definition) is 6. The number of carbonyl (C=O) groups excluding carboxylic acids is 2. The zero-order chi connectivity index (χ0) is 24.4. The van der Waals surface area contributed by atoms with Crippen LogP contribution in [0.25, 0.3) is 0 Å². The van der Waals surface area contributed by atoms with Crippen molar-refractivity contribution in [2.75, 3.05) is 27.3 Å². The van der Waals surface area contributed by atoms with Gasteiger partial charge in [0, 0.05) is 33.4 Å². The van der Waals surface area contributed by atoms with E-state index < -0.39 is 29.1 Å². The van der Waals surface area contributed by atoms with Crippen LogP contribution in [0.5, 0.6) is 0 Å². The van der Waals surface area contributed by atoms with E-state index in [2.05, 4.69) is 11.9 Å². The summed E-state index contributed by atoms with van der Waals surface area (Å²) in [5.41, 5.74) is 0.283. The van der Waals surface area contributed by atoms with Crippen LogP contribution in [-0.2, 0) is 19.1 Å². The Kier molecular flexibility index (Phi) is 11.0. The van der Waals surface area contributed by atoms with E-state index in [1.807, 2.05) is 27.7 Å². The first kappa shape index (κ1) is 27.3. The molecule has 0 heterocycles. The molecule has 9 heteroatoms. The van der Waals surface area contributed by atoms with Gasteiger partial charge in [-0.2, -0.15) is 0 Å². The van der Waals surface area contributed by atoms with Crippen molar-refractivity contribution in [3.63, 3.8) is 0 Å². The zero-order valence-electron chi connectivity index (χ0n) is 19.7. The van der Waals surface area contributed by atoms with E-state index in [0.29, 0.717) is 12.1 Å². The van der Waals surface area contributed by atoms with E-state index >= 15 is 0 Å². The second-order valence-electron chi connectivity index (χ2n) is 8.32. The van der Waals surface area contributed by atoms with Crippen LogP contribution < -0.4 is 5.32 Å². The standard InChI is InChI=1S/C23H35N3O6/c1-8-20(27)24-21(16(4)5)23(28)25(13-15(2)3)14-19(31-6)22(32-7)17-11-9-10-12-18(17)26(29)30/h8-12,15-16,19,21-22H,1,13-14H2,2-7H3,(H,24,27)/t19-,21+,22-/m1/s1. The van der Waals surface area contributed by atoms with Crippen LogP contribution in [0.3, 0.4) is 0 Å². The van der Waals surface area contributed by atoms with Crippen LogP contribution in [0.4, 0.5) is 5.69 Å². The van der Waals surface area contributed by atoms with E-state index in [0.717, 1.165) is 6.08 Å². The minimum Gasteiger partial charge on any atom is -0.377 e. The van der Waals surface area contributed by atoms with Crippen molar-refractivity contribution >= 4 is 17.5 Å². The van der Waals surface area contributed by atoms with Crippen LogP contribution in [0.1, 0.15) is 39.4 Å². The van der Waals surface area contributed by atoms with E-state index in [1.165, 1.54) is 20.3 Å². The van der Waals surface area contributed by atoms with Gasteiger partial charge in [0.15, 0.2) is 0 Å². The summed E-state index contributed by atoms with van der Waals surface area (Å²) in [5.74, 6) is -0.704. The molecule has 1 rings (SSSR count). The summed E-state index contributed by atoms with van der Waals surface area (Å²) in [5, 5.41) is 14.2. The maximum Gasteiger partial charge on any atom is 0.275 e. The number of nitrogens with one attached hydrogen (secondary N) is 1. The largest absolute Gasteiger partial charge is 0.377 e. The predicted molar refractivity (Wildman–Crippen MR) is 122 cm³/mol. The van der Waals surface area contributed by atoms with Gasteiger partial charge in [0.1, 0.15) is 18.2 Å². The second-order valence-corrected chi connectivity index (χ2v) is 8.32. The maximum absolute atomic E-state index is 13.4. The van der Waals surface area contributed by atoms with E-state index in [-0.39, 0.29) is 30.0 Å². The summed E-state index contributed by atoms with van der Waals surface area (Å²) in [6.07, 6.45) is -0.320. The summed E-state index contributed by atoms with van der Waals surface area (Å²) < 4.78 is 11.3. The van der Waals surface area contributed by atoms with E-state index in [1.54, 1.807) is 23.1 Å². The number of nitro benzene ring substituents is 1. The number of carbonyl (C=O) groups is 2.